The zero-order valence-electron chi connectivity index (χ0n) is 14.6. The summed E-state index contributed by atoms with van der Waals surface area (Å²) >= 11 is 1.31. The lowest BCUT2D eigenvalue weighted by Gasteiger charge is -2.11. The van der Waals surface area contributed by atoms with Crippen molar-refractivity contribution in [3.05, 3.63) is 53.4 Å². The van der Waals surface area contributed by atoms with E-state index in [-0.39, 0.29) is 0 Å². The van der Waals surface area contributed by atoms with Gasteiger partial charge in [-0.3, -0.25) is 5.32 Å². The summed E-state index contributed by atoms with van der Waals surface area (Å²) < 4.78 is 10.4. The lowest BCUT2D eigenvalue weighted by Crippen LogP contribution is -2.19. The highest BCUT2D eigenvalue weighted by atomic mass is 32.1. The van der Waals surface area contributed by atoms with E-state index in [1.165, 1.54) is 18.4 Å². The number of hydrogen-bond donors (Lipinski definition) is 2. The number of ether oxygens (including phenoxy) is 2. The molecule has 0 atom stereocenters. The van der Waals surface area contributed by atoms with Crippen molar-refractivity contribution in [3.63, 3.8) is 0 Å². The van der Waals surface area contributed by atoms with E-state index in [0.29, 0.717) is 27.9 Å². The molecule has 0 fully saturated rings. The van der Waals surface area contributed by atoms with Crippen LogP contribution in [0.2, 0.25) is 0 Å². The number of thiazole rings is 1. The molecule has 2 amide bonds. The topological polar surface area (TPSA) is 96.3 Å². The number of methoxy groups -OCH3 is 2. The smallest absolute Gasteiger partial charge is 0.325 e. The number of nitrogens with one attached hydrogen (secondary N) is 2. The highest BCUT2D eigenvalue weighted by Crippen LogP contribution is 2.29. The Morgan fingerprint density at radius 2 is 1.89 bits per heavy atom. The van der Waals surface area contributed by atoms with Gasteiger partial charge in [-0.15, -0.1) is 11.3 Å². The van der Waals surface area contributed by atoms with Crippen molar-refractivity contribution in [2.24, 2.45) is 0 Å². The number of amides is 2. The molecule has 7 nitrogen and oxygen atoms in total. The summed E-state index contributed by atoms with van der Waals surface area (Å²) in [6.07, 6.45) is 0. The van der Waals surface area contributed by atoms with E-state index in [1.807, 2.05) is 17.5 Å². The first-order valence-electron chi connectivity index (χ1n) is 7.89. The van der Waals surface area contributed by atoms with Gasteiger partial charge in [-0.25, -0.2) is 9.78 Å². The molecular weight excluding hydrogens is 364 g/mol. The van der Waals surface area contributed by atoms with Crippen LogP contribution in [0.4, 0.5) is 15.6 Å². The zero-order chi connectivity index (χ0) is 19.2. The highest BCUT2D eigenvalue weighted by molar-refractivity contribution is 7.14. The third-order valence-electron chi connectivity index (χ3n) is 3.69. The number of urea groups is 1. The second-order valence-corrected chi connectivity index (χ2v) is 6.23. The van der Waals surface area contributed by atoms with Gasteiger partial charge in [0.1, 0.15) is 11.5 Å². The van der Waals surface area contributed by atoms with Crippen LogP contribution in [-0.2, 0) is 0 Å². The normalized spacial score (nSPS) is 9.96. The minimum Gasteiger partial charge on any atom is -0.497 e. The Labute approximate surface area is 160 Å². The summed E-state index contributed by atoms with van der Waals surface area (Å²) in [5.74, 6) is 1.12. The molecule has 0 saturated carbocycles. The summed E-state index contributed by atoms with van der Waals surface area (Å²) in [4.78, 5) is 16.7. The van der Waals surface area contributed by atoms with Crippen LogP contribution in [0.5, 0.6) is 11.5 Å². The Balaban J connectivity index is 1.68. The minimum atomic E-state index is -0.431. The highest BCUT2D eigenvalue weighted by Gasteiger charge is 2.11. The van der Waals surface area contributed by atoms with E-state index in [2.05, 4.69) is 21.7 Å². The van der Waals surface area contributed by atoms with Crippen molar-refractivity contribution in [1.82, 2.24) is 4.98 Å². The summed E-state index contributed by atoms with van der Waals surface area (Å²) in [5, 5.41) is 16.6. The van der Waals surface area contributed by atoms with Crippen LogP contribution >= 0.6 is 11.3 Å². The molecule has 2 aromatic carbocycles. The van der Waals surface area contributed by atoms with E-state index >= 15 is 0 Å². The van der Waals surface area contributed by atoms with E-state index in [0.717, 1.165) is 11.3 Å². The van der Waals surface area contributed by atoms with Crippen LogP contribution in [0.25, 0.3) is 11.3 Å². The molecular formula is C19H16N4O3S. The summed E-state index contributed by atoms with van der Waals surface area (Å²) in [6, 6.07) is 13.8. The van der Waals surface area contributed by atoms with Crippen LogP contribution in [0.1, 0.15) is 5.56 Å². The first-order valence-corrected chi connectivity index (χ1v) is 8.77. The molecule has 0 spiro atoms. The van der Waals surface area contributed by atoms with Crippen LogP contribution < -0.4 is 20.1 Å². The standard InChI is InChI=1S/C19H16N4O3S/c1-25-14-7-8-15(17(9-14)26-2)21-18(24)23-19-22-16(11-27-19)13-5-3-12(10-20)4-6-13/h3-9,11H,1-2H3,(H2,21,22,23,24). The lowest BCUT2D eigenvalue weighted by molar-refractivity contribution is 0.262. The molecule has 0 saturated heterocycles. The van der Waals surface area contributed by atoms with E-state index in [1.54, 1.807) is 37.4 Å². The maximum Gasteiger partial charge on any atom is 0.325 e. The van der Waals surface area contributed by atoms with Crippen molar-refractivity contribution < 1.29 is 14.3 Å². The fraction of sp³-hybridized carbons (Fsp3) is 0.105. The zero-order valence-corrected chi connectivity index (χ0v) is 15.5. The van der Waals surface area contributed by atoms with Gasteiger partial charge in [0, 0.05) is 17.0 Å². The van der Waals surface area contributed by atoms with Crippen molar-refractivity contribution in [2.75, 3.05) is 24.9 Å². The molecule has 0 bridgehead atoms. The van der Waals surface area contributed by atoms with Gasteiger partial charge >= 0.3 is 6.03 Å². The molecule has 0 aliphatic rings. The Hall–Kier alpha value is -3.57. The number of hydrogen-bond acceptors (Lipinski definition) is 6. The van der Waals surface area contributed by atoms with E-state index < -0.39 is 6.03 Å². The fourth-order valence-corrected chi connectivity index (χ4v) is 3.05. The van der Waals surface area contributed by atoms with Gasteiger partial charge in [0.2, 0.25) is 0 Å². The lowest BCUT2D eigenvalue weighted by atomic mass is 10.1. The number of carbonyl (C=O) groups excluding carboxylic acids is 1. The summed E-state index contributed by atoms with van der Waals surface area (Å²) in [5.41, 5.74) is 2.69. The number of carbonyl (C=O) groups is 1. The number of rotatable bonds is 5. The van der Waals surface area contributed by atoms with Gasteiger partial charge in [-0.05, 0) is 24.3 Å². The summed E-state index contributed by atoms with van der Waals surface area (Å²) in [6.45, 7) is 0. The minimum absolute atomic E-state index is 0.431. The van der Waals surface area contributed by atoms with Crippen molar-refractivity contribution in [1.29, 1.82) is 5.26 Å². The Morgan fingerprint density at radius 1 is 1.11 bits per heavy atom. The molecule has 0 unspecified atom stereocenters. The first-order chi connectivity index (χ1) is 13.1. The SMILES string of the molecule is COc1ccc(NC(=O)Nc2nc(-c3ccc(C#N)cc3)cs2)c(OC)c1. The Kier molecular flexibility index (Phi) is 5.54. The van der Waals surface area contributed by atoms with Gasteiger partial charge in [-0.2, -0.15) is 5.26 Å². The van der Waals surface area contributed by atoms with Gasteiger partial charge in [0.25, 0.3) is 0 Å². The van der Waals surface area contributed by atoms with Crippen LogP contribution in [0.15, 0.2) is 47.8 Å². The van der Waals surface area contributed by atoms with Crippen LogP contribution in [0, 0.1) is 11.3 Å². The second-order valence-electron chi connectivity index (χ2n) is 5.37. The third kappa shape index (κ3) is 4.34. The predicted octanol–water partition coefficient (Wildman–Crippen LogP) is 4.34. The second kappa shape index (κ2) is 8.21. The monoisotopic (exact) mass is 380 g/mol. The predicted molar refractivity (Wildman–Crippen MR) is 104 cm³/mol. The fourth-order valence-electron chi connectivity index (χ4n) is 2.33. The molecule has 8 heteroatoms. The molecule has 27 heavy (non-hydrogen) atoms. The number of nitrogens with zero attached hydrogens (tertiary/aromatic N) is 2. The molecule has 0 radical (unpaired) electrons. The number of anilines is 2. The van der Waals surface area contributed by atoms with Crippen molar-refractivity contribution in [3.8, 4) is 28.8 Å². The van der Waals surface area contributed by atoms with Gasteiger partial charge in [0.05, 0.1) is 37.2 Å². The summed E-state index contributed by atoms with van der Waals surface area (Å²) in [7, 11) is 3.07. The van der Waals surface area contributed by atoms with Gasteiger partial charge in [-0.1, -0.05) is 12.1 Å². The van der Waals surface area contributed by atoms with Crippen molar-refractivity contribution >= 4 is 28.2 Å². The van der Waals surface area contributed by atoms with Gasteiger partial charge < -0.3 is 14.8 Å². The van der Waals surface area contributed by atoms with Crippen molar-refractivity contribution in [2.45, 2.75) is 0 Å². The maximum absolute atomic E-state index is 12.3. The average Bonchev–Trinajstić information content (AvgIpc) is 3.16. The van der Waals surface area contributed by atoms with E-state index in [9.17, 15) is 4.79 Å². The van der Waals surface area contributed by atoms with Gasteiger partial charge in [0.15, 0.2) is 5.13 Å². The van der Waals surface area contributed by atoms with E-state index in [4.69, 9.17) is 14.7 Å². The molecule has 1 aromatic heterocycles. The molecule has 1 heterocycles. The molecule has 136 valence electrons. The molecule has 3 aromatic rings. The molecule has 2 N–H and O–H groups in total. The molecule has 0 aliphatic heterocycles. The number of benzene rings is 2. The largest absolute Gasteiger partial charge is 0.497 e. The van der Waals surface area contributed by atoms with Crippen LogP contribution in [-0.4, -0.2) is 25.2 Å². The maximum atomic E-state index is 12.3. The first kappa shape index (κ1) is 18.2. The number of nitriles is 1. The Bertz CT molecular complexity index is 993. The molecule has 3 rings (SSSR count). The van der Waals surface area contributed by atoms with Crippen LogP contribution in [0.3, 0.4) is 0 Å². The Morgan fingerprint density at radius 3 is 2.56 bits per heavy atom. The quantitative estimate of drug-likeness (QED) is 0.686. The molecule has 0 aliphatic carbocycles. The average molecular weight is 380 g/mol. The third-order valence-corrected chi connectivity index (χ3v) is 4.45. The number of aromatic nitrogens is 1.